The number of rotatable bonds is 11. The van der Waals surface area contributed by atoms with Crippen LogP contribution >= 0.6 is 8.95 Å². The van der Waals surface area contributed by atoms with E-state index in [-0.39, 0.29) is 0 Å². The van der Waals surface area contributed by atoms with Crippen molar-refractivity contribution in [3.63, 3.8) is 0 Å². The van der Waals surface area contributed by atoms with Crippen LogP contribution in [0.1, 0.15) is 83.3 Å². The second-order valence-corrected chi connectivity index (χ2v) is 8.80. The van der Waals surface area contributed by atoms with Crippen LogP contribution in [-0.4, -0.2) is 21.1 Å². The number of benzene rings is 1. The second kappa shape index (κ2) is 11.0. The summed E-state index contributed by atoms with van der Waals surface area (Å²) in [4.78, 5) is 0. The third-order valence-electron chi connectivity index (χ3n) is 4.37. The minimum absolute atomic E-state index is 0.384. The molecule has 0 bridgehead atoms. The monoisotopic (exact) mass is 411 g/mol. The fourth-order valence-corrected chi connectivity index (χ4v) is 6.52. The van der Waals surface area contributed by atoms with E-state index >= 15 is 0 Å². The third-order valence-corrected chi connectivity index (χ3v) is 8.74. The van der Waals surface area contributed by atoms with Gasteiger partial charge >= 0.3 is 149 Å². The van der Waals surface area contributed by atoms with E-state index in [1.54, 1.807) is 32.3 Å². The number of unbranched alkanes of at least 4 members (excludes halogenated alkanes) is 3. The molecular weight excluding hydrogens is 379 g/mol. The molecule has 1 aromatic rings. The molecule has 0 aromatic heterocycles. The first-order valence-electron chi connectivity index (χ1n) is 8.67. The van der Waals surface area contributed by atoms with E-state index in [4.69, 9.17) is 0 Å². The van der Waals surface area contributed by atoms with Crippen LogP contribution in [0.3, 0.4) is 0 Å². The molecule has 0 unspecified atom stereocenters. The number of hydrogen-bond acceptors (Lipinski definition) is 1. The van der Waals surface area contributed by atoms with E-state index in [9.17, 15) is 0 Å². The van der Waals surface area contributed by atoms with E-state index < -0.39 is 0 Å². The number of hydrogen-bond donors (Lipinski definition) is 0. The molecule has 1 rings (SSSR count). The van der Waals surface area contributed by atoms with Gasteiger partial charge in [-0.2, -0.15) is 0 Å². The van der Waals surface area contributed by atoms with Crippen molar-refractivity contribution >= 4 is 30.1 Å². The van der Waals surface area contributed by atoms with Crippen LogP contribution in [0.15, 0.2) is 24.3 Å². The fourth-order valence-electron chi connectivity index (χ4n) is 3.03. The average Bonchev–Trinajstić information content (AvgIpc) is 2.54. The Morgan fingerprint density at radius 3 is 2.00 bits per heavy atom. The van der Waals surface area contributed by atoms with Crippen molar-refractivity contribution in [1.82, 2.24) is 0 Å². The molecule has 0 spiro atoms. The summed E-state index contributed by atoms with van der Waals surface area (Å²) < 4.78 is 0.384. The van der Waals surface area contributed by atoms with Gasteiger partial charge in [-0.3, -0.25) is 0 Å². The van der Waals surface area contributed by atoms with Gasteiger partial charge in [-0.1, -0.05) is 0 Å². The molecule has 0 heterocycles. The first kappa shape index (κ1) is 19.4. The van der Waals surface area contributed by atoms with E-state index in [0.717, 1.165) is 0 Å². The van der Waals surface area contributed by atoms with Crippen molar-refractivity contribution < 1.29 is 0 Å². The molecule has 21 heavy (non-hydrogen) atoms. The van der Waals surface area contributed by atoms with Crippen LogP contribution in [0.5, 0.6) is 0 Å². The summed E-state index contributed by atoms with van der Waals surface area (Å²) in [5.74, 6) is 0. The van der Waals surface area contributed by atoms with Gasteiger partial charge in [0.15, 0.2) is 0 Å². The quantitative estimate of drug-likeness (QED) is 0.380. The Labute approximate surface area is 148 Å². The normalized spacial score (nSPS) is 11.8. The van der Waals surface area contributed by atoms with Gasteiger partial charge in [-0.05, 0) is 0 Å². The molecule has 0 aliphatic rings. The Kier molecular flexibility index (Phi) is 10.2. The van der Waals surface area contributed by atoms with Crippen LogP contribution < -0.4 is 0 Å². The molecule has 0 nitrogen and oxygen atoms in total. The number of aryl methyl sites for hydroxylation is 1. The van der Waals surface area contributed by atoms with E-state index in [1.165, 1.54) is 57.8 Å². The second-order valence-electron chi connectivity index (χ2n) is 6.06. The van der Waals surface area contributed by atoms with Crippen LogP contribution in [0.4, 0.5) is 0 Å². The van der Waals surface area contributed by atoms with Gasteiger partial charge in [0.05, 0.1) is 0 Å². The molecule has 0 aliphatic carbocycles. The SMILES string of the molecule is CCCCc1ccccc1C(CCCC)(CCCC)[S][Sn]. The predicted octanol–water partition coefficient (Wildman–Crippen LogP) is 6.42. The maximum atomic E-state index is 2.42. The standard InChI is InChI=1S/C19H32S.Sn/c1-4-7-12-17-13-10-11-14-18(17)19(20,15-8-5-2)16-9-6-3;/h10-11,13-14,20H,4-9,12,15-16H2,1-3H3;/q;+1/p-1. The van der Waals surface area contributed by atoms with Crippen molar-refractivity contribution in [3.8, 4) is 0 Å². The van der Waals surface area contributed by atoms with Crippen molar-refractivity contribution in [2.75, 3.05) is 0 Å². The summed E-state index contributed by atoms with van der Waals surface area (Å²) in [7, 11) is 2.19. The summed E-state index contributed by atoms with van der Waals surface area (Å²) in [6.45, 7) is 6.94. The van der Waals surface area contributed by atoms with E-state index in [1.807, 2.05) is 0 Å². The Balaban J connectivity index is 3.10. The molecule has 0 saturated heterocycles. The fraction of sp³-hybridized carbons (Fsp3) is 0.684. The van der Waals surface area contributed by atoms with Crippen molar-refractivity contribution in [3.05, 3.63) is 35.4 Å². The molecule has 0 fully saturated rings. The zero-order valence-electron chi connectivity index (χ0n) is 14.1. The molecule has 117 valence electrons. The van der Waals surface area contributed by atoms with Gasteiger partial charge in [0.2, 0.25) is 0 Å². The zero-order valence-corrected chi connectivity index (χ0v) is 17.8. The topological polar surface area (TPSA) is 0 Å². The molecule has 0 amide bonds. The van der Waals surface area contributed by atoms with Gasteiger partial charge in [0.25, 0.3) is 0 Å². The van der Waals surface area contributed by atoms with Crippen LogP contribution in [0, 0.1) is 0 Å². The van der Waals surface area contributed by atoms with Gasteiger partial charge < -0.3 is 0 Å². The zero-order chi connectivity index (χ0) is 15.6. The molecular formula is C19H31SSn. The molecule has 3 radical (unpaired) electrons. The molecule has 0 saturated carbocycles. The molecule has 1 aromatic carbocycles. The Hall–Kier alpha value is 0.369. The summed E-state index contributed by atoms with van der Waals surface area (Å²) in [5, 5.41) is 0. The van der Waals surface area contributed by atoms with Crippen LogP contribution in [0.2, 0.25) is 0 Å². The van der Waals surface area contributed by atoms with Crippen LogP contribution in [0.25, 0.3) is 0 Å². The first-order chi connectivity index (χ1) is 10.2. The third kappa shape index (κ3) is 5.82. The molecule has 0 aliphatic heterocycles. The molecule has 0 N–H and O–H groups in total. The predicted molar refractivity (Wildman–Crippen MR) is 99.1 cm³/mol. The Morgan fingerprint density at radius 1 is 0.905 bits per heavy atom. The summed E-state index contributed by atoms with van der Waals surface area (Å²) >= 11 is 1.62. The Morgan fingerprint density at radius 2 is 1.48 bits per heavy atom. The van der Waals surface area contributed by atoms with Crippen molar-refractivity contribution in [2.45, 2.75) is 83.3 Å². The first-order valence-corrected chi connectivity index (χ1v) is 13.0. The van der Waals surface area contributed by atoms with E-state index in [2.05, 4.69) is 54.0 Å². The van der Waals surface area contributed by atoms with Gasteiger partial charge in [-0.25, -0.2) is 0 Å². The average molecular weight is 410 g/mol. The van der Waals surface area contributed by atoms with Gasteiger partial charge in [0.1, 0.15) is 0 Å². The van der Waals surface area contributed by atoms with E-state index in [0.29, 0.717) is 4.75 Å². The van der Waals surface area contributed by atoms with Crippen LogP contribution in [-0.2, 0) is 11.2 Å². The van der Waals surface area contributed by atoms with Gasteiger partial charge in [0, 0.05) is 0 Å². The summed E-state index contributed by atoms with van der Waals surface area (Å²) in [5.41, 5.74) is 3.27. The summed E-state index contributed by atoms with van der Waals surface area (Å²) in [6.07, 6.45) is 11.9. The Bertz CT molecular complexity index is 381. The van der Waals surface area contributed by atoms with Gasteiger partial charge in [-0.15, -0.1) is 0 Å². The maximum absolute atomic E-state index is 2.42. The molecule has 2 heteroatoms. The van der Waals surface area contributed by atoms with Crippen molar-refractivity contribution in [1.29, 1.82) is 0 Å². The summed E-state index contributed by atoms with van der Waals surface area (Å²) in [6, 6.07) is 9.29. The molecule has 0 atom stereocenters. The van der Waals surface area contributed by atoms with Crippen molar-refractivity contribution in [2.24, 2.45) is 0 Å². The minimum atomic E-state index is 0.384.